The summed E-state index contributed by atoms with van der Waals surface area (Å²) in [7, 11) is 7.06. The Morgan fingerprint density at radius 2 is 1.61 bits per heavy atom. The largest absolute Gasteiger partial charge is 0.493 e. The molecule has 2 N–H and O–H groups in total. The molecule has 0 aliphatic carbocycles. The van der Waals surface area contributed by atoms with Gasteiger partial charge in [0, 0.05) is 29.4 Å². The minimum Gasteiger partial charge on any atom is -0.493 e. The summed E-state index contributed by atoms with van der Waals surface area (Å²) in [5.41, 5.74) is 1.42. The van der Waals surface area contributed by atoms with E-state index in [0.29, 0.717) is 34.9 Å². The van der Waals surface area contributed by atoms with Crippen molar-refractivity contribution in [3.8, 4) is 11.5 Å². The van der Waals surface area contributed by atoms with Gasteiger partial charge in [0.2, 0.25) is 0 Å². The zero-order valence-corrected chi connectivity index (χ0v) is 16.7. The Labute approximate surface area is 165 Å². The third kappa shape index (κ3) is 5.99. The van der Waals surface area contributed by atoms with Gasteiger partial charge < -0.3 is 25.0 Å². The normalized spacial score (nSPS) is 10.5. The van der Waals surface area contributed by atoms with Crippen molar-refractivity contribution in [2.24, 2.45) is 0 Å². The Bertz CT molecular complexity index is 821. The molecule has 0 atom stereocenters. The summed E-state index contributed by atoms with van der Waals surface area (Å²) in [6, 6.07) is 11.7. The second-order valence-corrected chi connectivity index (χ2v) is 6.52. The van der Waals surface area contributed by atoms with Crippen LogP contribution in [0.2, 0.25) is 0 Å². The van der Waals surface area contributed by atoms with Gasteiger partial charge in [0.25, 0.3) is 11.8 Å². The molecule has 0 aliphatic rings. The molecule has 7 heteroatoms. The van der Waals surface area contributed by atoms with Crippen molar-refractivity contribution in [1.82, 2.24) is 10.2 Å². The summed E-state index contributed by atoms with van der Waals surface area (Å²) in [6.07, 6.45) is 0.859. The molecule has 0 bridgehead atoms. The number of ether oxygens (including phenoxy) is 2. The number of methoxy groups -OCH3 is 2. The molecule has 0 unspecified atom stereocenters. The molecule has 2 rings (SSSR count). The molecule has 0 spiro atoms. The van der Waals surface area contributed by atoms with Gasteiger partial charge in [-0.1, -0.05) is 6.07 Å². The van der Waals surface area contributed by atoms with E-state index in [1.54, 1.807) is 49.6 Å². The lowest BCUT2D eigenvalue weighted by Gasteiger charge is -2.11. The highest BCUT2D eigenvalue weighted by Gasteiger charge is 2.12. The van der Waals surface area contributed by atoms with Gasteiger partial charge in [-0.3, -0.25) is 9.59 Å². The molecule has 0 saturated carbocycles. The maximum absolute atomic E-state index is 12.6. The monoisotopic (exact) mass is 385 g/mol. The molecular formula is C21H27N3O4. The maximum atomic E-state index is 12.6. The Kier molecular flexibility index (Phi) is 7.83. The topological polar surface area (TPSA) is 79.9 Å². The minimum absolute atomic E-state index is 0.195. The number of rotatable bonds is 9. The molecule has 0 saturated heterocycles. The molecule has 2 aromatic carbocycles. The van der Waals surface area contributed by atoms with Crippen LogP contribution in [0, 0.1) is 0 Å². The highest BCUT2D eigenvalue weighted by Crippen LogP contribution is 2.29. The lowest BCUT2D eigenvalue weighted by molar-refractivity contribution is 0.0952. The highest BCUT2D eigenvalue weighted by molar-refractivity contribution is 6.06. The second-order valence-electron chi connectivity index (χ2n) is 6.52. The average Bonchev–Trinajstić information content (AvgIpc) is 2.70. The smallest absolute Gasteiger partial charge is 0.255 e. The van der Waals surface area contributed by atoms with Crippen LogP contribution in [0.15, 0.2) is 42.5 Å². The molecule has 2 aromatic rings. The van der Waals surface area contributed by atoms with Crippen LogP contribution in [0.4, 0.5) is 5.69 Å². The third-order valence-corrected chi connectivity index (χ3v) is 4.10. The number of nitrogens with one attached hydrogen (secondary N) is 2. The number of benzene rings is 2. The van der Waals surface area contributed by atoms with Crippen molar-refractivity contribution in [3.05, 3.63) is 53.6 Å². The van der Waals surface area contributed by atoms with Crippen LogP contribution in [0.5, 0.6) is 11.5 Å². The van der Waals surface area contributed by atoms with Gasteiger partial charge in [0.05, 0.1) is 14.2 Å². The van der Waals surface area contributed by atoms with Gasteiger partial charge in [-0.15, -0.1) is 0 Å². The molecular weight excluding hydrogens is 358 g/mol. The SMILES string of the molecule is COc1ccc(NC(=O)c2cccc(C(=O)NCCCN(C)C)c2)cc1OC. The van der Waals surface area contributed by atoms with E-state index >= 15 is 0 Å². The quantitative estimate of drug-likeness (QED) is 0.649. The first-order chi connectivity index (χ1) is 13.4. The second kappa shape index (κ2) is 10.3. The molecule has 0 heterocycles. The molecule has 150 valence electrons. The van der Waals surface area contributed by atoms with Crippen LogP contribution >= 0.6 is 0 Å². The standard InChI is InChI=1S/C21H27N3O4/c1-24(2)12-6-11-22-20(25)15-7-5-8-16(13-15)21(26)23-17-9-10-18(27-3)19(14-17)28-4/h5,7-10,13-14H,6,11-12H2,1-4H3,(H,22,25)(H,23,26). The lowest BCUT2D eigenvalue weighted by Crippen LogP contribution is -2.27. The van der Waals surface area contributed by atoms with Gasteiger partial charge in [-0.25, -0.2) is 0 Å². The Balaban J connectivity index is 2.02. The summed E-state index contributed by atoms with van der Waals surface area (Å²) in [5.74, 6) is 0.591. The molecule has 0 aliphatic heterocycles. The van der Waals surface area contributed by atoms with E-state index in [-0.39, 0.29) is 11.8 Å². The van der Waals surface area contributed by atoms with Gasteiger partial charge in [-0.05, 0) is 57.4 Å². The van der Waals surface area contributed by atoms with Crippen molar-refractivity contribution in [2.45, 2.75) is 6.42 Å². The number of anilines is 1. The summed E-state index contributed by atoms with van der Waals surface area (Å²) in [5, 5.41) is 5.67. The maximum Gasteiger partial charge on any atom is 0.255 e. The number of carbonyl (C=O) groups excluding carboxylic acids is 2. The van der Waals surface area contributed by atoms with E-state index in [0.717, 1.165) is 13.0 Å². The fraction of sp³-hybridized carbons (Fsp3) is 0.333. The summed E-state index contributed by atoms with van der Waals surface area (Å²) in [6.45, 7) is 1.48. The summed E-state index contributed by atoms with van der Waals surface area (Å²) < 4.78 is 10.4. The van der Waals surface area contributed by atoms with Gasteiger partial charge in [-0.2, -0.15) is 0 Å². The van der Waals surface area contributed by atoms with Crippen LogP contribution in [0.1, 0.15) is 27.1 Å². The predicted molar refractivity (Wildman–Crippen MR) is 109 cm³/mol. The first-order valence-corrected chi connectivity index (χ1v) is 9.01. The van der Waals surface area contributed by atoms with Gasteiger partial charge >= 0.3 is 0 Å². The minimum atomic E-state index is -0.311. The highest BCUT2D eigenvalue weighted by atomic mass is 16.5. The number of carbonyl (C=O) groups is 2. The summed E-state index contributed by atoms with van der Waals surface area (Å²) >= 11 is 0. The van der Waals surface area contributed by atoms with Crippen molar-refractivity contribution < 1.29 is 19.1 Å². The van der Waals surface area contributed by atoms with Crippen molar-refractivity contribution in [3.63, 3.8) is 0 Å². The zero-order valence-electron chi connectivity index (χ0n) is 16.7. The molecule has 0 aromatic heterocycles. The van der Waals surface area contributed by atoms with Crippen molar-refractivity contribution in [1.29, 1.82) is 0 Å². The zero-order chi connectivity index (χ0) is 20.5. The van der Waals surface area contributed by atoms with Gasteiger partial charge in [0.1, 0.15) is 0 Å². The molecule has 7 nitrogen and oxygen atoms in total. The van der Waals surface area contributed by atoms with Gasteiger partial charge in [0.15, 0.2) is 11.5 Å². The fourth-order valence-electron chi connectivity index (χ4n) is 2.62. The number of amides is 2. The van der Waals surface area contributed by atoms with Crippen molar-refractivity contribution >= 4 is 17.5 Å². The molecule has 2 amide bonds. The van der Waals surface area contributed by atoms with E-state index in [9.17, 15) is 9.59 Å². The first-order valence-electron chi connectivity index (χ1n) is 9.01. The van der Waals surface area contributed by atoms with Crippen LogP contribution in [0.3, 0.4) is 0 Å². The number of hydrogen-bond acceptors (Lipinski definition) is 5. The van der Waals surface area contributed by atoms with E-state index < -0.39 is 0 Å². The Morgan fingerprint density at radius 3 is 2.25 bits per heavy atom. The number of nitrogens with zero attached hydrogens (tertiary/aromatic N) is 1. The van der Waals surface area contributed by atoms with E-state index in [2.05, 4.69) is 15.5 Å². The van der Waals surface area contributed by atoms with Crippen LogP contribution in [0.25, 0.3) is 0 Å². The van der Waals surface area contributed by atoms with Crippen LogP contribution in [-0.4, -0.2) is 58.1 Å². The van der Waals surface area contributed by atoms with Crippen LogP contribution in [-0.2, 0) is 0 Å². The number of hydrogen-bond donors (Lipinski definition) is 2. The molecule has 28 heavy (non-hydrogen) atoms. The van der Waals surface area contributed by atoms with E-state index in [1.807, 2.05) is 14.1 Å². The fourth-order valence-corrected chi connectivity index (χ4v) is 2.62. The molecule has 0 radical (unpaired) electrons. The van der Waals surface area contributed by atoms with E-state index in [4.69, 9.17) is 9.47 Å². The lowest BCUT2D eigenvalue weighted by atomic mass is 10.1. The van der Waals surface area contributed by atoms with Crippen LogP contribution < -0.4 is 20.1 Å². The first kappa shape index (κ1) is 21.2. The Morgan fingerprint density at radius 1 is 0.929 bits per heavy atom. The third-order valence-electron chi connectivity index (χ3n) is 4.10. The Hall–Kier alpha value is -3.06. The van der Waals surface area contributed by atoms with E-state index in [1.165, 1.54) is 7.11 Å². The average molecular weight is 385 g/mol. The summed E-state index contributed by atoms with van der Waals surface area (Å²) in [4.78, 5) is 26.9. The van der Waals surface area contributed by atoms with Crippen molar-refractivity contribution in [2.75, 3.05) is 46.7 Å². The predicted octanol–water partition coefficient (Wildman–Crippen LogP) is 2.64. The molecule has 0 fully saturated rings.